The number of carbonyl (C=O) groups excluding carboxylic acids is 2. The van der Waals surface area contributed by atoms with Crippen LogP contribution in [0.3, 0.4) is 0 Å². The summed E-state index contributed by atoms with van der Waals surface area (Å²) in [4.78, 5) is 39.8. The molecule has 0 radical (unpaired) electrons. The Morgan fingerprint density at radius 1 is 1.08 bits per heavy atom. The van der Waals surface area contributed by atoms with Gasteiger partial charge in [-0.15, -0.1) is 0 Å². The maximum atomic E-state index is 12.6. The molecule has 1 unspecified atom stereocenters. The molecule has 0 saturated carbocycles. The lowest BCUT2D eigenvalue weighted by Crippen LogP contribution is -2.54. The van der Waals surface area contributed by atoms with Gasteiger partial charge in [-0.25, -0.2) is 8.42 Å². The molecule has 1 saturated heterocycles. The Kier molecular flexibility index (Phi) is 9.62. The lowest BCUT2D eigenvalue weighted by molar-refractivity contribution is -0.139. The van der Waals surface area contributed by atoms with Gasteiger partial charge in [0.05, 0.1) is 18.8 Å². The van der Waals surface area contributed by atoms with Crippen molar-refractivity contribution in [3.63, 3.8) is 0 Å². The van der Waals surface area contributed by atoms with Crippen molar-refractivity contribution in [1.29, 1.82) is 0 Å². The molecular formula is C24H30N6O7S. The first kappa shape index (κ1) is 28.4. The number of anilines is 1. The Labute approximate surface area is 220 Å². The maximum absolute atomic E-state index is 12.6. The highest BCUT2D eigenvalue weighted by molar-refractivity contribution is 7.89. The number of amidine groups is 1. The van der Waals surface area contributed by atoms with E-state index in [1.165, 1.54) is 4.90 Å². The number of nitrogens with one attached hydrogen (secondary N) is 2. The molecule has 1 atom stereocenters. The molecule has 0 spiro atoms. The number of rotatable bonds is 12. The van der Waals surface area contributed by atoms with Gasteiger partial charge >= 0.3 is 5.97 Å². The van der Waals surface area contributed by atoms with Crippen LogP contribution in [0.25, 0.3) is 0 Å². The third-order valence-corrected chi connectivity index (χ3v) is 7.30. The number of oxime groups is 1. The molecule has 1 fully saturated rings. The number of sulfonamides is 1. The summed E-state index contributed by atoms with van der Waals surface area (Å²) >= 11 is 0. The van der Waals surface area contributed by atoms with Gasteiger partial charge in [0.25, 0.3) is 0 Å². The van der Waals surface area contributed by atoms with E-state index < -0.39 is 34.5 Å². The summed E-state index contributed by atoms with van der Waals surface area (Å²) in [6, 6.07) is 14.1. The predicted molar refractivity (Wildman–Crippen MR) is 139 cm³/mol. The number of piperazine rings is 1. The van der Waals surface area contributed by atoms with Crippen molar-refractivity contribution in [2.75, 3.05) is 43.4 Å². The summed E-state index contributed by atoms with van der Waals surface area (Å²) in [6.07, 6.45) is 0.206. The van der Waals surface area contributed by atoms with Gasteiger partial charge in [0.2, 0.25) is 21.8 Å². The summed E-state index contributed by atoms with van der Waals surface area (Å²) in [5, 5.41) is 23.5. The van der Waals surface area contributed by atoms with Crippen molar-refractivity contribution in [3.8, 4) is 0 Å². The Balaban J connectivity index is 1.47. The number of nitrogens with two attached hydrogens (primary N) is 1. The molecule has 0 aliphatic carbocycles. The largest absolute Gasteiger partial charge is 0.480 e. The molecular weight excluding hydrogens is 516 g/mol. The van der Waals surface area contributed by atoms with Crippen LogP contribution < -0.4 is 20.7 Å². The molecule has 3 rings (SSSR count). The molecule has 1 aliphatic rings. The minimum absolute atomic E-state index is 0.0230. The van der Waals surface area contributed by atoms with E-state index in [2.05, 4.69) is 15.2 Å². The Bertz CT molecular complexity index is 1270. The summed E-state index contributed by atoms with van der Waals surface area (Å²) < 4.78 is 26.9. The van der Waals surface area contributed by atoms with E-state index in [-0.39, 0.29) is 43.6 Å². The van der Waals surface area contributed by atoms with Gasteiger partial charge in [0.15, 0.2) is 5.84 Å². The molecule has 1 heterocycles. The van der Waals surface area contributed by atoms with Gasteiger partial charge in [-0.2, -0.15) is 4.72 Å². The number of carboxylic acids is 1. The minimum Gasteiger partial charge on any atom is -0.480 e. The zero-order valence-electron chi connectivity index (χ0n) is 20.5. The second-order valence-corrected chi connectivity index (χ2v) is 10.5. The van der Waals surface area contributed by atoms with Gasteiger partial charge in [-0.05, 0) is 36.2 Å². The molecule has 1 aliphatic heterocycles. The lowest BCUT2D eigenvalue weighted by Gasteiger charge is -2.35. The fraction of sp³-hybridized carbons (Fsp3) is 0.333. The number of hydrogen-bond acceptors (Lipinski definition) is 8. The van der Waals surface area contributed by atoms with Gasteiger partial charge in [-0.3, -0.25) is 14.4 Å². The molecule has 13 nitrogen and oxygen atoms in total. The van der Waals surface area contributed by atoms with Crippen molar-refractivity contribution in [2.45, 2.75) is 12.5 Å². The number of carboxylic acid groups (broad SMARTS) is 1. The van der Waals surface area contributed by atoms with Crippen LogP contribution >= 0.6 is 0 Å². The van der Waals surface area contributed by atoms with E-state index in [9.17, 15) is 27.9 Å². The van der Waals surface area contributed by atoms with Gasteiger partial charge in [-0.1, -0.05) is 35.5 Å². The summed E-state index contributed by atoms with van der Waals surface area (Å²) in [5.74, 6) is -2.68. The SMILES string of the molecule is N/C(=N/O)c1ccc(N2CCN(CC(=O)NCC(NS(=O)(=O)CCc3ccccc3)C(=O)O)C(=O)C2)cc1. The number of amides is 2. The van der Waals surface area contributed by atoms with E-state index in [0.29, 0.717) is 12.1 Å². The van der Waals surface area contributed by atoms with Crippen LogP contribution in [0, 0.1) is 0 Å². The average Bonchev–Trinajstić information content (AvgIpc) is 2.91. The first-order chi connectivity index (χ1) is 18.1. The summed E-state index contributed by atoms with van der Waals surface area (Å²) in [5.41, 5.74) is 7.62. The van der Waals surface area contributed by atoms with Crippen molar-refractivity contribution in [3.05, 3.63) is 65.7 Å². The number of carbonyl (C=O) groups is 3. The zero-order chi connectivity index (χ0) is 27.7. The van der Waals surface area contributed by atoms with Gasteiger partial charge in [0, 0.05) is 30.9 Å². The Morgan fingerprint density at radius 2 is 1.76 bits per heavy atom. The third-order valence-electron chi connectivity index (χ3n) is 5.91. The van der Waals surface area contributed by atoms with E-state index in [0.717, 1.165) is 11.3 Å². The highest BCUT2D eigenvalue weighted by Gasteiger charge is 2.28. The molecule has 14 heteroatoms. The summed E-state index contributed by atoms with van der Waals surface area (Å²) in [7, 11) is -3.93. The number of aliphatic carboxylic acids is 1. The van der Waals surface area contributed by atoms with E-state index in [1.807, 2.05) is 4.90 Å². The van der Waals surface area contributed by atoms with Crippen LogP contribution in [0.5, 0.6) is 0 Å². The lowest BCUT2D eigenvalue weighted by atomic mass is 10.1. The smallest absolute Gasteiger partial charge is 0.323 e. The standard InChI is InChI=1S/C24H30N6O7S/c25-23(27-35)18-6-8-19(9-7-18)29-11-12-30(22(32)16-29)15-21(31)26-14-20(24(33)34)28-38(36,37)13-10-17-4-2-1-3-5-17/h1-9,20,28,35H,10-16H2,(H2,25,27)(H,26,31)(H,33,34). The fourth-order valence-electron chi connectivity index (χ4n) is 3.79. The molecule has 204 valence electrons. The van der Waals surface area contributed by atoms with Gasteiger partial charge < -0.3 is 31.2 Å². The normalized spacial score (nSPS) is 15.3. The number of nitrogens with zero attached hydrogens (tertiary/aromatic N) is 3. The maximum Gasteiger partial charge on any atom is 0.323 e. The molecule has 2 aromatic carbocycles. The second kappa shape index (κ2) is 12.9. The van der Waals surface area contributed by atoms with Crippen LogP contribution in [0.1, 0.15) is 11.1 Å². The van der Waals surface area contributed by atoms with Crippen LogP contribution in [-0.4, -0.2) is 91.8 Å². The van der Waals surface area contributed by atoms with Crippen molar-refractivity contribution < 1.29 is 33.1 Å². The zero-order valence-corrected chi connectivity index (χ0v) is 21.3. The van der Waals surface area contributed by atoms with Crippen LogP contribution in [0.2, 0.25) is 0 Å². The Morgan fingerprint density at radius 3 is 2.37 bits per heavy atom. The second-order valence-electron chi connectivity index (χ2n) is 8.64. The number of aryl methyl sites for hydroxylation is 1. The highest BCUT2D eigenvalue weighted by atomic mass is 32.2. The number of benzene rings is 2. The first-order valence-corrected chi connectivity index (χ1v) is 13.4. The topological polar surface area (TPSA) is 195 Å². The quantitative estimate of drug-likeness (QED) is 0.0976. The fourth-order valence-corrected chi connectivity index (χ4v) is 5.03. The van der Waals surface area contributed by atoms with E-state index >= 15 is 0 Å². The van der Waals surface area contributed by atoms with Crippen molar-refractivity contribution in [2.24, 2.45) is 10.9 Å². The van der Waals surface area contributed by atoms with Gasteiger partial charge in [0.1, 0.15) is 6.04 Å². The van der Waals surface area contributed by atoms with Crippen LogP contribution in [-0.2, 0) is 30.8 Å². The third kappa shape index (κ3) is 8.18. The minimum atomic E-state index is -3.93. The van der Waals surface area contributed by atoms with Crippen molar-refractivity contribution >= 4 is 39.3 Å². The first-order valence-electron chi connectivity index (χ1n) is 11.7. The monoisotopic (exact) mass is 546 g/mol. The highest BCUT2D eigenvalue weighted by Crippen LogP contribution is 2.18. The molecule has 2 aromatic rings. The number of hydrogen-bond donors (Lipinski definition) is 5. The van der Waals surface area contributed by atoms with Crippen LogP contribution in [0.4, 0.5) is 5.69 Å². The molecule has 0 aromatic heterocycles. The molecule has 6 N–H and O–H groups in total. The van der Waals surface area contributed by atoms with Crippen molar-refractivity contribution in [1.82, 2.24) is 14.9 Å². The van der Waals surface area contributed by atoms with E-state index in [4.69, 9.17) is 10.9 Å². The molecule has 2 amide bonds. The Hall–Kier alpha value is -4.17. The molecule has 0 bridgehead atoms. The van der Waals surface area contributed by atoms with E-state index in [1.54, 1.807) is 54.6 Å². The average molecular weight is 547 g/mol. The predicted octanol–water partition coefficient (Wildman–Crippen LogP) is -0.839. The summed E-state index contributed by atoms with van der Waals surface area (Å²) in [6.45, 7) is -0.0412. The molecule has 38 heavy (non-hydrogen) atoms. The van der Waals surface area contributed by atoms with Crippen LogP contribution in [0.15, 0.2) is 59.8 Å².